The number of nitrogens with one attached hydrogen (secondary N) is 2. The molecule has 114 valence electrons. The SMILES string of the molecule is O=C(Cc1ccccc1)NCC(=O)Nc1cccc(CO)c1. The first-order valence-electron chi connectivity index (χ1n) is 6.97. The number of benzene rings is 2. The van der Waals surface area contributed by atoms with Crippen LogP contribution in [-0.2, 0) is 22.6 Å². The number of hydrogen-bond acceptors (Lipinski definition) is 3. The van der Waals surface area contributed by atoms with Crippen LogP contribution in [0, 0.1) is 0 Å². The van der Waals surface area contributed by atoms with Crippen LogP contribution in [0.1, 0.15) is 11.1 Å². The zero-order valence-corrected chi connectivity index (χ0v) is 12.1. The van der Waals surface area contributed by atoms with Gasteiger partial charge >= 0.3 is 0 Å². The minimum absolute atomic E-state index is 0.0858. The number of hydrogen-bond donors (Lipinski definition) is 3. The van der Waals surface area contributed by atoms with E-state index in [0.717, 1.165) is 5.56 Å². The Morgan fingerprint density at radius 2 is 1.64 bits per heavy atom. The largest absolute Gasteiger partial charge is 0.392 e. The zero-order chi connectivity index (χ0) is 15.8. The highest BCUT2D eigenvalue weighted by Crippen LogP contribution is 2.10. The third kappa shape index (κ3) is 5.03. The fraction of sp³-hybridized carbons (Fsp3) is 0.176. The molecule has 5 heteroatoms. The van der Waals surface area contributed by atoms with Gasteiger partial charge in [-0.3, -0.25) is 9.59 Å². The van der Waals surface area contributed by atoms with Crippen LogP contribution < -0.4 is 10.6 Å². The van der Waals surface area contributed by atoms with Crippen molar-refractivity contribution in [2.45, 2.75) is 13.0 Å². The summed E-state index contributed by atoms with van der Waals surface area (Å²) in [5, 5.41) is 14.3. The van der Waals surface area contributed by atoms with Crippen molar-refractivity contribution in [3.05, 3.63) is 65.7 Å². The Morgan fingerprint density at radius 1 is 0.909 bits per heavy atom. The van der Waals surface area contributed by atoms with Crippen LogP contribution in [-0.4, -0.2) is 23.5 Å². The van der Waals surface area contributed by atoms with E-state index in [9.17, 15) is 9.59 Å². The van der Waals surface area contributed by atoms with Gasteiger partial charge in [-0.2, -0.15) is 0 Å². The molecule has 0 aliphatic carbocycles. The number of anilines is 1. The molecule has 22 heavy (non-hydrogen) atoms. The number of aliphatic hydroxyl groups is 1. The molecule has 0 radical (unpaired) electrons. The summed E-state index contributed by atoms with van der Waals surface area (Å²) in [6.07, 6.45) is 0.244. The average molecular weight is 298 g/mol. The molecule has 3 N–H and O–H groups in total. The summed E-state index contributed by atoms with van der Waals surface area (Å²) in [4.78, 5) is 23.5. The van der Waals surface area contributed by atoms with Gasteiger partial charge in [-0.25, -0.2) is 0 Å². The Labute approximate surface area is 129 Å². The van der Waals surface area contributed by atoms with E-state index in [1.807, 2.05) is 30.3 Å². The van der Waals surface area contributed by atoms with Gasteiger partial charge in [-0.15, -0.1) is 0 Å². The van der Waals surface area contributed by atoms with Crippen LogP contribution in [0.5, 0.6) is 0 Å². The van der Waals surface area contributed by atoms with Crippen molar-refractivity contribution in [1.82, 2.24) is 5.32 Å². The lowest BCUT2D eigenvalue weighted by molar-refractivity contribution is -0.123. The van der Waals surface area contributed by atoms with Crippen LogP contribution in [0.15, 0.2) is 54.6 Å². The van der Waals surface area contributed by atoms with Crippen LogP contribution in [0.3, 0.4) is 0 Å². The third-order valence-corrected chi connectivity index (χ3v) is 3.05. The van der Waals surface area contributed by atoms with Crippen molar-refractivity contribution >= 4 is 17.5 Å². The quantitative estimate of drug-likeness (QED) is 0.756. The molecule has 0 saturated carbocycles. The van der Waals surface area contributed by atoms with Gasteiger partial charge in [-0.1, -0.05) is 42.5 Å². The lowest BCUT2D eigenvalue weighted by atomic mass is 10.1. The van der Waals surface area contributed by atoms with Gasteiger partial charge in [-0.05, 0) is 23.3 Å². The second-order valence-corrected chi connectivity index (χ2v) is 4.85. The van der Waals surface area contributed by atoms with E-state index in [-0.39, 0.29) is 31.4 Å². The molecule has 2 amide bonds. The smallest absolute Gasteiger partial charge is 0.243 e. The number of rotatable bonds is 6. The Bertz CT molecular complexity index is 641. The molecule has 0 aromatic heterocycles. The van der Waals surface area contributed by atoms with E-state index >= 15 is 0 Å². The van der Waals surface area contributed by atoms with Crippen molar-refractivity contribution in [1.29, 1.82) is 0 Å². The predicted octanol–water partition coefficient (Wildman–Crippen LogP) is 1.48. The first-order chi connectivity index (χ1) is 10.7. The first-order valence-corrected chi connectivity index (χ1v) is 6.97. The van der Waals surface area contributed by atoms with Crippen LogP contribution >= 0.6 is 0 Å². The van der Waals surface area contributed by atoms with E-state index in [2.05, 4.69) is 10.6 Å². The lowest BCUT2D eigenvalue weighted by Crippen LogP contribution is -2.33. The normalized spacial score (nSPS) is 10.0. The Morgan fingerprint density at radius 3 is 2.36 bits per heavy atom. The number of amides is 2. The van der Waals surface area contributed by atoms with Gasteiger partial charge in [0.05, 0.1) is 19.6 Å². The fourth-order valence-corrected chi connectivity index (χ4v) is 1.98. The third-order valence-electron chi connectivity index (χ3n) is 3.05. The van der Waals surface area contributed by atoms with Crippen LogP contribution in [0.25, 0.3) is 0 Å². The van der Waals surface area contributed by atoms with Gasteiger partial charge in [0.2, 0.25) is 11.8 Å². The Balaban J connectivity index is 1.78. The van der Waals surface area contributed by atoms with Crippen molar-refractivity contribution in [2.75, 3.05) is 11.9 Å². The van der Waals surface area contributed by atoms with E-state index in [1.165, 1.54) is 0 Å². The van der Waals surface area contributed by atoms with Crippen molar-refractivity contribution < 1.29 is 14.7 Å². The molecule has 0 atom stereocenters. The molecule has 0 aliphatic heterocycles. The molecular formula is C17H18N2O3. The highest BCUT2D eigenvalue weighted by Gasteiger charge is 2.07. The summed E-state index contributed by atoms with van der Waals surface area (Å²) in [5.41, 5.74) is 2.20. The van der Waals surface area contributed by atoms with Gasteiger partial charge in [0.1, 0.15) is 0 Å². The average Bonchev–Trinajstić information content (AvgIpc) is 2.54. The molecule has 2 aromatic rings. The summed E-state index contributed by atoms with van der Waals surface area (Å²) >= 11 is 0. The van der Waals surface area contributed by atoms with E-state index in [1.54, 1.807) is 24.3 Å². The maximum Gasteiger partial charge on any atom is 0.243 e. The minimum atomic E-state index is -0.309. The molecule has 0 spiro atoms. The summed E-state index contributed by atoms with van der Waals surface area (Å²) in [6.45, 7) is -0.174. The molecular weight excluding hydrogens is 280 g/mol. The highest BCUT2D eigenvalue weighted by atomic mass is 16.3. The molecule has 0 bridgehead atoms. The summed E-state index contributed by atoms with van der Waals surface area (Å²) in [6, 6.07) is 16.3. The van der Waals surface area contributed by atoms with Crippen molar-refractivity contribution in [2.24, 2.45) is 0 Å². The standard InChI is InChI=1S/C17H18N2O3/c20-12-14-7-4-8-15(9-14)19-17(22)11-18-16(21)10-13-5-2-1-3-6-13/h1-9,20H,10-12H2,(H,18,21)(H,19,22). The Kier molecular flexibility index (Phi) is 5.68. The molecule has 0 heterocycles. The monoisotopic (exact) mass is 298 g/mol. The zero-order valence-electron chi connectivity index (χ0n) is 12.1. The van der Waals surface area contributed by atoms with Gasteiger partial charge in [0.15, 0.2) is 0 Å². The second kappa shape index (κ2) is 7.95. The molecule has 2 rings (SSSR count). The van der Waals surface area contributed by atoms with E-state index in [4.69, 9.17) is 5.11 Å². The second-order valence-electron chi connectivity index (χ2n) is 4.85. The van der Waals surface area contributed by atoms with Crippen molar-refractivity contribution in [3.63, 3.8) is 0 Å². The van der Waals surface area contributed by atoms with Gasteiger partial charge in [0.25, 0.3) is 0 Å². The maximum absolute atomic E-state index is 11.8. The lowest BCUT2D eigenvalue weighted by Gasteiger charge is -2.08. The topological polar surface area (TPSA) is 78.4 Å². The van der Waals surface area contributed by atoms with Gasteiger partial charge in [0, 0.05) is 5.69 Å². The van der Waals surface area contributed by atoms with Crippen LogP contribution in [0.2, 0.25) is 0 Å². The molecule has 0 aliphatic rings. The highest BCUT2D eigenvalue weighted by molar-refractivity contribution is 5.94. The summed E-state index contributed by atoms with van der Waals surface area (Å²) in [5.74, 6) is -0.512. The van der Waals surface area contributed by atoms with Crippen LogP contribution in [0.4, 0.5) is 5.69 Å². The number of carbonyl (C=O) groups excluding carboxylic acids is 2. The summed E-state index contributed by atoms with van der Waals surface area (Å²) in [7, 11) is 0. The predicted molar refractivity (Wildman–Crippen MR) is 84.2 cm³/mol. The number of aliphatic hydroxyl groups excluding tert-OH is 1. The van der Waals surface area contributed by atoms with E-state index in [0.29, 0.717) is 11.3 Å². The fourth-order valence-electron chi connectivity index (χ4n) is 1.98. The number of carbonyl (C=O) groups is 2. The Hall–Kier alpha value is -2.66. The van der Waals surface area contributed by atoms with Gasteiger partial charge < -0.3 is 15.7 Å². The molecule has 5 nitrogen and oxygen atoms in total. The maximum atomic E-state index is 11.8. The van der Waals surface area contributed by atoms with Crippen molar-refractivity contribution in [3.8, 4) is 0 Å². The summed E-state index contributed by atoms with van der Waals surface area (Å²) < 4.78 is 0. The van der Waals surface area contributed by atoms with E-state index < -0.39 is 0 Å². The first kappa shape index (κ1) is 15.7. The molecule has 0 fully saturated rings. The molecule has 0 unspecified atom stereocenters. The minimum Gasteiger partial charge on any atom is -0.392 e. The molecule has 0 saturated heterocycles. The molecule has 2 aromatic carbocycles.